The molecule has 3 rings (SSSR count). The van der Waals surface area contributed by atoms with Crippen molar-refractivity contribution in [1.29, 1.82) is 0 Å². The molecule has 3 N–H and O–H groups in total. The van der Waals surface area contributed by atoms with E-state index in [1.165, 1.54) is 38.5 Å². The second-order valence-corrected chi connectivity index (χ2v) is 5.97. The van der Waals surface area contributed by atoms with E-state index in [2.05, 4.69) is 4.90 Å². The first-order valence-electron chi connectivity index (χ1n) is 6.97. The van der Waals surface area contributed by atoms with Gasteiger partial charge in [-0.3, -0.25) is 4.90 Å². The van der Waals surface area contributed by atoms with E-state index in [4.69, 9.17) is 5.73 Å². The van der Waals surface area contributed by atoms with Gasteiger partial charge in [-0.1, -0.05) is 12.8 Å². The fraction of sp³-hybridized carbons (Fsp3) is 1.00. The molecular weight excluding hydrogens is 200 g/mol. The molecule has 3 fully saturated rings. The third-order valence-corrected chi connectivity index (χ3v) is 4.93. The summed E-state index contributed by atoms with van der Waals surface area (Å²) >= 11 is 0. The monoisotopic (exact) mass is 224 g/mol. The summed E-state index contributed by atoms with van der Waals surface area (Å²) in [6.07, 6.45) is 9.62. The van der Waals surface area contributed by atoms with Crippen molar-refractivity contribution in [2.45, 2.75) is 81.6 Å². The molecule has 4 unspecified atom stereocenters. The number of aliphatic hydroxyl groups is 1. The molecule has 3 heteroatoms. The zero-order chi connectivity index (χ0) is 11.1. The van der Waals surface area contributed by atoms with Crippen LogP contribution in [0.1, 0.15) is 51.4 Å². The number of fused-ring (bicyclic) bond motifs is 2. The van der Waals surface area contributed by atoms with Crippen LogP contribution in [0.2, 0.25) is 0 Å². The minimum atomic E-state index is -0.0476. The molecule has 0 amide bonds. The van der Waals surface area contributed by atoms with Gasteiger partial charge < -0.3 is 10.8 Å². The highest BCUT2D eigenvalue weighted by Gasteiger charge is 2.45. The minimum Gasteiger partial charge on any atom is -0.393 e. The Bertz CT molecular complexity index is 244. The van der Waals surface area contributed by atoms with E-state index >= 15 is 0 Å². The fourth-order valence-electron chi connectivity index (χ4n) is 4.24. The molecule has 0 aromatic heterocycles. The molecule has 4 atom stereocenters. The predicted octanol–water partition coefficient (Wildman–Crippen LogP) is 1.24. The SMILES string of the molecule is NC1CCCCC1N1C2CCC1CC(O)C2. The van der Waals surface area contributed by atoms with Gasteiger partial charge in [-0.2, -0.15) is 0 Å². The van der Waals surface area contributed by atoms with Crippen LogP contribution >= 0.6 is 0 Å². The topological polar surface area (TPSA) is 49.5 Å². The van der Waals surface area contributed by atoms with Gasteiger partial charge in [0.2, 0.25) is 0 Å². The molecule has 0 radical (unpaired) electrons. The van der Waals surface area contributed by atoms with Gasteiger partial charge in [-0.15, -0.1) is 0 Å². The van der Waals surface area contributed by atoms with Crippen molar-refractivity contribution in [3.05, 3.63) is 0 Å². The van der Waals surface area contributed by atoms with E-state index in [1.54, 1.807) is 0 Å². The lowest BCUT2D eigenvalue weighted by Gasteiger charge is -2.46. The Kier molecular flexibility index (Phi) is 2.94. The van der Waals surface area contributed by atoms with Crippen LogP contribution in [-0.4, -0.2) is 40.3 Å². The largest absolute Gasteiger partial charge is 0.393 e. The molecule has 92 valence electrons. The molecule has 16 heavy (non-hydrogen) atoms. The Balaban J connectivity index is 1.74. The number of aliphatic hydroxyl groups excluding tert-OH is 1. The van der Waals surface area contributed by atoms with E-state index in [1.807, 2.05) is 0 Å². The van der Waals surface area contributed by atoms with Gasteiger partial charge in [0.25, 0.3) is 0 Å². The Morgan fingerprint density at radius 3 is 2.19 bits per heavy atom. The quantitative estimate of drug-likeness (QED) is 0.704. The first-order chi connectivity index (χ1) is 7.75. The first-order valence-corrected chi connectivity index (χ1v) is 6.97. The van der Waals surface area contributed by atoms with Crippen molar-refractivity contribution in [2.24, 2.45) is 5.73 Å². The third kappa shape index (κ3) is 1.79. The molecule has 2 heterocycles. The molecule has 0 aromatic rings. The Morgan fingerprint density at radius 2 is 1.56 bits per heavy atom. The lowest BCUT2D eigenvalue weighted by Crippen LogP contribution is -2.57. The van der Waals surface area contributed by atoms with Gasteiger partial charge >= 0.3 is 0 Å². The van der Waals surface area contributed by atoms with Crippen LogP contribution in [0, 0.1) is 0 Å². The normalized spacial score (nSPS) is 49.5. The molecular formula is C13H24N2O. The van der Waals surface area contributed by atoms with E-state index in [0.717, 1.165) is 12.8 Å². The smallest absolute Gasteiger partial charge is 0.0570 e. The van der Waals surface area contributed by atoms with Gasteiger partial charge in [0.15, 0.2) is 0 Å². The Hall–Kier alpha value is -0.120. The summed E-state index contributed by atoms with van der Waals surface area (Å²) in [6.45, 7) is 0. The van der Waals surface area contributed by atoms with Crippen LogP contribution in [0.3, 0.4) is 0 Å². The summed E-state index contributed by atoms with van der Waals surface area (Å²) in [5.74, 6) is 0. The standard InChI is InChI=1S/C13H24N2O/c14-12-3-1-2-4-13(12)15-9-5-6-10(15)8-11(16)7-9/h9-13,16H,1-8,14H2. The predicted molar refractivity (Wildman–Crippen MR) is 64.1 cm³/mol. The number of nitrogens with zero attached hydrogens (tertiary/aromatic N) is 1. The van der Waals surface area contributed by atoms with Crippen molar-refractivity contribution >= 4 is 0 Å². The average Bonchev–Trinajstić information content (AvgIpc) is 2.53. The molecule has 3 nitrogen and oxygen atoms in total. The van der Waals surface area contributed by atoms with E-state index in [9.17, 15) is 5.11 Å². The number of piperidine rings is 1. The molecule has 1 saturated carbocycles. The summed E-state index contributed by atoms with van der Waals surface area (Å²) in [7, 11) is 0. The maximum atomic E-state index is 9.81. The van der Waals surface area contributed by atoms with Crippen LogP contribution in [0.5, 0.6) is 0 Å². The van der Waals surface area contributed by atoms with Gasteiger partial charge in [0.1, 0.15) is 0 Å². The zero-order valence-corrected chi connectivity index (χ0v) is 10.0. The van der Waals surface area contributed by atoms with Gasteiger partial charge in [0.05, 0.1) is 6.10 Å². The zero-order valence-electron chi connectivity index (χ0n) is 10.0. The fourth-order valence-corrected chi connectivity index (χ4v) is 4.24. The summed E-state index contributed by atoms with van der Waals surface area (Å²) in [4.78, 5) is 2.69. The van der Waals surface area contributed by atoms with Gasteiger partial charge in [-0.05, 0) is 38.5 Å². The van der Waals surface area contributed by atoms with Crippen molar-refractivity contribution in [1.82, 2.24) is 4.90 Å². The number of hydrogen-bond acceptors (Lipinski definition) is 3. The second-order valence-electron chi connectivity index (χ2n) is 5.97. The van der Waals surface area contributed by atoms with Crippen LogP contribution < -0.4 is 5.73 Å². The van der Waals surface area contributed by atoms with E-state index in [-0.39, 0.29) is 6.10 Å². The van der Waals surface area contributed by atoms with Gasteiger partial charge in [-0.25, -0.2) is 0 Å². The molecule has 1 aliphatic carbocycles. The molecule has 0 aromatic carbocycles. The summed E-state index contributed by atoms with van der Waals surface area (Å²) in [6, 6.07) is 2.25. The second kappa shape index (κ2) is 4.28. The van der Waals surface area contributed by atoms with Crippen LogP contribution in [0.25, 0.3) is 0 Å². The Morgan fingerprint density at radius 1 is 0.938 bits per heavy atom. The van der Waals surface area contributed by atoms with Gasteiger partial charge in [0, 0.05) is 24.2 Å². The summed E-state index contributed by atoms with van der Waals surface area (Å²) in [5, 5.41) is 9.81. The van der Waals surface area contributed by atoms with Crippen LogP contribution in [0.4, 0.5) is 0 Å². The van der Waals surface area contributed by atoms with Crippen LogP contribution in [-0.2, 0) is 0 Å². The Labute approximate surface area is 98.0 Å². The lowest BCUT2D eigenvalue weighted by molar-refractivity contribution is -0.00481. The van der Waals surface area contributed by atoms with Crippen LogP contribution in [0.15, 0.2) is 0 Å². The summed E-state index contributed by atoms with van der Waals surface area (Å²) in [5.41, 5.74) is 6.29. The molecule has 3 aliphatic rings. The molecule has 2 saturated heterocycles. The maximum Gasteiger partial charge on any atom is 0.0570 e. The van der Waals surface area contributed by atoms with Crippen molar-refractivity contribution in [3.63, 3.8) is 0 Å². The van der Waals surface area contributed by atoms with Crippen molar-refractivity contribution in [2.75, 3.05) is 0 Å². The lowest BCUT2D eigenvalue weighted by atomic mass is 9.86. The highest BCUT2D eigenvalue weighted by atomic mass is 16.3. The number of hydrogen-bond donors (Lipinski definition) is 2. The molecule has 2 aliphatic heterocycles. The highest BCUT2D eigenvalue weighted by molar-refractivity contribution is 5.01. The highest BCUT2D eigenvalue weighted by Crippen LogP contribution is 2.40. The molecule has 0 spiro atoms. The minimum absolute atomic E-state index is 0.0476. The third-order valence-electron chi connectivity index (χ3n) is 4.93. The average molecular weight is 224 g/mol. The van der Waals surface area contributed by atoms with E-state index in [0.29, 0.717) is 24.2 Å². The number of nitrogens with two attached hydrogens (primary N) is 1. The number of rotatable bonds is 1. The van der Waals surface area contributed by atoms with Crippen molar-refractivity contribution in [3.8, 4) is 0 Å². The first kappa shape index (κ1) is 11.0. The maximum absolute atomic E-state index is 9.81. The van der Waals surface area contributed by atoms with E-state index < -0.39 is 0 Å². The van der Waals surface area contributed by atoms with Crippen molar-refractivity contribution < 1.29 is 5.11 Å². The summed E-state index contributed by atoms with van der Waals surface area (Å²) < 4.78 is 0. The molecule has 2 bridgehead atoms.